The van der Waals surface area contributed by atoms with Crippen molar-refractivity contribution in [1.29, 1.82) is 0 Å². The molecule has 0 radical (unpaired) electrons. The summed E-state index contributed by atoms with van der Waals surface area (Å²) in [5.41, 5.74) is 1.09. The molecule has 1 aromatic carbocycles. The highest BCUT2D eigenvalue weighted by Gasteiger charge is 2.32. The van der Waals surface area contributed by atoms with Crippen LogP contribution in [0.25, 0.3) is 0 Å². The standard InChI is InChI=1S/C16H16FN3O2S/c1-10-15(23-19-18-10)16(22)20-8-2-3-13(20)9-14(21)11-4-6-12(17)7-5-11/h4-7,13H,2-3,8-9H2,1H3/t13-/m1/s1. The van der Waals surface area contributed by atoms with Gasteiger partial charge in [-0.25, -0.2) is 4.39 Å². The molecule has 7 heteroatoms. The van der Waals surface area contributed by atoms with Crippen LogP contribution >= 0.6 is 11.5 Å². The number of hydrogen-bond donors (Lipinski definition) is 0. The highest BCUT2D eigenvalue weighted by atomic mass is 32.1. The van der Waals surface area contributed by atoms with Crippen molar-refractivity contribution in [3.05, 3.63) is 46.2 Å². The van der Waals surface area contributed by atoms with E-state index in [0.29, 0.717) is 22.7 Å². The van der Waals surface area contributed by atoms with E-state index in [9.17, 15) is 14.0 Å². The van der Waals surface area contributed by atoms with Crippen molar-refractivity contribution in [2.24, 2.45) is 0 Å². The summed E-state index contributed by atoms with van der Waals surface area (Å²) in [6.45, 7) is 2.39. The van der Waals surface area contributed by atoms with Crippen LogP contribution in [0, 0.1) is 12.7 Å². The Morgan fingerprint density at radius 1 is 1.35 bits per heavy atom. The molecule has 0 N–H and O–H groups in total. The molecule has 5 nitrogen and oxygen atoms in total. The summed E-state index contributed by atoms with van der Waals surface area (Å²) in [7, 11) is 0. The van der Waals surface area contributed by atoms with E-state index in [2.05, 4.69) is 9.59 Å². The molecule has 1 aromatic heterocycles. The third-order valence-corrected chi connectivity index (χ3v) is 4.89. The van der Waals surface area contributed by atoms with Gasteiger partial charge >= 0.3 is 0 Å². The van der Waals surface area contributed by atoms with E-state index in [4.69, 9.17) is 0 Å². The normalized spacial score (nSPS) is 17.5. The number of nitrogens with zero attached hydrogens (tertiary/aromatic N) is 3. The number of Topliss-reactive ketones (excluding diaryl/α,β-unsaturated/α-hetero) is 1. The van der Waals surface area contributed by atoms with E-state index < -0.39 is 0 Å². The molecule has 1 aliphatic heterocycles. The average Bonchev–Trinajstić information content (AvgIpc) is 3.16. The summed E-state index contributed by atoms with van der Waals surface area (Å²) in [6, 6.07) is 5.39. The lowest BCUT2D eigenvalue weighted by molar-refractivity contribution is 0.0721. The van der Waals surface area contributed by atoms with Gasteiger partial charge in [0.2, 0.25) is 0 Å². The average molecular weight is 333 g/mol. The van der Waals surface area contributed by atoms with Crippen molar-refractivity contribution in [2.75, 3.05) is 6.54 Å². The number of likely N-dealkylation sites (tertiary alicyclic amines) is 1. The summed E-state index contributed by atoms with van der Waals surface area (Å²) in [4.78, 5) is 27.2. The van der Waals surface area contributed by atoms with Gasteiger partial charge in [-0.1, -0.05) is 4.49 Å². The molecule has 0 bridgehead atoms. The Bertz CT molecular complexity index is 729. The van der Waals surface area contributed by atoms with Gasteiger partial charge in [0.1, 0.15) is 10.7 Å². The smallest absolute Gasteiger partial charge is 0.267 e. The summed E-state index contributed by atoms with van der Waals surface area (Å²) in [5.74, 6) is -0.548. The van der Waals surface area contributed by atoms with Crippen molar-refractivity contribution >= 4 is 23.2 Å². The van der Waals surface area contributed by atoms with Crippen molar-refractivity contribution in [1.82, 2.24) is 14.5 Å². The Morgan fingerprint density at radius 3 is 2.74 bits per heavy atom. The number of rotatable bonds is 4. The molecule has 1 aliphatic rings. The van der Waals surface area contributed by atoms with E-state index in [-0.39, 0.29) is 30.0 Å². The maximum atomic E-state index is 12.9. The molecular weight excluding hydrogens is 317 g/mol. The lowest BCUT2D eigenvalue weighted by Crippen LogP contribution is -2.36. The highest BCUT2D eigenvalue weighted by Crippen LogP contribution is 2.25. The van der Waals surface area contributed by atoms with Crippen LogP contribution in [-0.4, -0.2) is 38.8 Å². The second-order valence-corrected chi connectivity index (χ2v) is 6.37. The number of carbonyl (C=O) groups excluding carboxylic acids is 2. The third kappa shape index (κ3) is 3.29. The summed E-state index contributed by atoms with van der Waals surface area (Å²) >= 11 is 1.08. The highest BCUT2D eigenvalue weighted by molar-refractivity contribution is 7.07. The fraction of sp³-hybridized carbons (Fsp3) is 0.375. The predicted molar refractivity (Wildman–Crippen MR) is 84.1 cm³/mol. The number of hydrogen-bond acceptors (Lipinski definition) is 5. The summed E-state index contributed by atoms with van der Waals surface area (Å²) in [6.07, 6.45) is 1.92. The number of amides is 1. The number of aryl methyl sites for hydroxylation is 1. The molecule has 23 heavy (non-hydrogen) atoms. The van der Waals surface area contributed by atoms with E-state index in [1.165, 1.54) is 24.3 Å². The maximum absolute atomic E-state index is 12.9. The molecule has 0 unspecified atom stereocenters. The molecule has 120 valence electrons. The van der Waals surface area contributed by atoms with Gasteiger partial charge in [0.15, 0.2) is 5.78 Å². The van der Waals surface area contributed by atoms with Crippen LogP contribution in [0.2, 0.25) is 0 Å². The molecule has 0 spiro atoms. The van der Waals surface area contributed by atoms with Crippen LogP contribution in [0.3, 0.4) is 0 Å². The number of benzene rings is 1. The van der Waals surface area contributed by atoms with E-state index in [1.807, 2.05) is 0 Å². The Hall–Kier alpha value is -2.15. The second kappa shape index (κ2) is 6.54. The van der Waals surface area contributed by atoms with Crippen molar-refractivity contribution in [2.45, 2.75) is 32.2 Å². The van der Waals surface area contributed by atoms with Gasteiger partial charge in [0, 0.05) is 24.6 Å². The van der Waals surface area contributed by atoms with Crippen molar-refractivity contribution < 1.29 is 14.0 Å². The lowest BCUT2D eigenvalue weighted by Gasteiger charge is -2.23. The number of carbonyl (C=O) groups is 2. The number of ketones is 1. The molecule has 2 aromatic rings. The van der Waals surface area contributed by atoms with Gasteiger partial charge in [0.25, 0.3) is 5.91 Å². The minimum Gasteiger partial charge on any atom is -0.334 e. The van der Waals surface area contributed by atoms with Gasteiger partial charge in [-0.05, 0) is 55.6 Å². The second-order valence-electron chi connectivity index (χ2n) is 5.62. The molecular formula is C16H16FN3O2S. The molecule has 1 fully saturated rings. The van der Waals surface area contributed by atoms with Gasteiger partial charge in [-0.2, -0.15) is 0 Å². The number of halogens is 1. The van der Waals surface area contributed by atoms with Crippen molar-refractivity contribution in [3.63, 3.8) is 0 Å². The van der Waals surface area contributed by atoms with Crippen LogP contribution < -0.4 is 0 Å². The SMILES string of the molecule is Cc1nnsc1C(=O)N1CCC[C@@H]1CC(=O)c1ccc(F)cc1. The van der Waals surface area contributed by atoms with E-state index >= 15 is 0 Å². The Balaban J connectivity index is 1.72. The Kier molecular flexibility index (Phi) is 4.47. The van der Waals surface area contributed by atoms with Gasteiger partial charge in [0.05, 0.1) is 5.69 Å². The zero-order chi connectivity index (χ0) is 16.4. The summed E-state index contributed by atoms with van der Waals surface area (Å²) in [5, 5.41) is 3.87. The quantitative estimate of drug-likeness (QED) is 0.807. The fourth-order valence-electron chi connectivity index (χ4n) is 2.84. The third-order valence-electron chi connectivity index (χ3n) is 4.07. The fourth-order valence-corrected chi connectivity index (χ4v) is 3.45. The zero-order valence-corrected chi connectivity index (χ0v) is 13.5. The molecule has 1 atom stereocenters. The zero-order valence-electron chi connectivity index (χ0n) is 12.7. The van der Waals surface area contributed by atoms with Crippen LogP contribution in [0.1, 0.15) is 45.0 Å². The van der Waals surface area contributed by atoms with Crippen LogP contribution in [0.5, 0.6) is 0 Å². The number of aromatic nitrogens is 2. The van der Waals surface area contributed by atoms with E-state index in [1.54, 1.807) is 11.8 Å². The minimum atomic E-state index is -0.368. The van der Waals surface area contributed by atoms with Crippen LogP contribution in [-0.2, 0) is 0 Å². The van der Waals surface area contributed by atoms with Crippen molar-refractivity contribution in [3.8, 4) is 0 Å². The molecule has 0 saturated carbocycles. The van der Waals surface area contributed by atoms with Crippen LogP contribution in [0.15, 0.2) is 24.3 Å². The van der Waals surface area contributed by atoms with Gasteiger partial charge in [-0.15, -0.1) is 5.10 Å². The monoisotopic (exact) mass is 333 g/mol. The maximum Gasteiger partial charge on any atom is 0.267 e. The Morgan fingerprint density at radius 2 is 2.09 bits per heavy atom. The largest absolute Gasteiger partial charge is 0.334 e. The van der Waals surface area contributed by atoms with Gasteiger partial charge in [-0.3, -0.25) is 9.59 Å². The molecule has 3 rings (SSSR count). The Labute approximate surface area is 137 Å². The topological polar surface area (TPSA) is 63.2 Å². The van der Waals surface area contributed by atoms with Gasteiger partial charge < -0.3 is 4.90 Å². The first-order valence-corrected chi connectivity index (χ1v) is 8.22. The molecule has 1 amide bonds. The molecule has 1 saturated heterocycles. The van der Waals surface area contributed by atoms with E-state index in [0.717, 1.165) is 24.4 Å². The molecule has 0 aliphatic carbocycles. The predicted octanol–water partition coefficient (Wildman–Crippen LogP) is 2.86. The summed E-state index contributed by atoms with van der Waals surface area (Å²) < 4.78 is 16.7. The molecule has 2 heterocycles. The minimum absolute atomic E-state index is 0.0751. The van der Waals surface area contributed by atoms with Crippen LogP contribution in [0.4, 0.5) is 4.39 Å². The first-order valence-electron chi connectivity index (χ1n) is 7.45. The lowest BCUT2D eigenvalue weighted by atomic mass is 10.0. The first-order chi connectivity index (χ1) is 11.1. The first kappa shape index (κ1) is 15.7.